The summed E-state index contributed by atoms with van der Waals surface area (Å²) in [6.07, 6.45) is -1.99. The SMILES string of the molecule is CCCCCc1cc(F)c(-c2ccc3c(F)c(CCc4cc(F)c(OC(F)(F)F)c(F)c4)ccc3c2)c(F)c1. The first kappa shape index (κ1) is 28.4. The van der Waals surface area contributed by atoms with Gasteiger partial charge in [-0.15, -0.1) is 13.2 Å². The van der Waals surface area contributed by atoms with Crippen molar-refractivity contribution in [1.82, 2.24) is 0 Å². The maximum absolute atomic E-state index is 15.2. The lowest BCUT2D eigenvalue weighted by molar-refractivity contribution is -0.276. The van der Waals surface area contributed by atoms with Crippen molar-refractivity contribution in [3.63, 3.8) is 0 Å². The van der Waals surface area contributed by atoms with Crippen molar-refractivity contribution in [3.8, 4) is 16.9 Å². The van der Waals surface area contributed by atoms with Crippen molar-refractivity contribution in [1.29, 1.82) is 0 Å². The number of fused-ring (bicyclic) bond motifs is 1. The monoisotopic (exact) mass is 552 g/mol. The Kier molecular flexibility index (Phi) is 8.47. The van der Waals surface area contributed by atoms with Gasteiger partial charge in [0.05, 0.1) is 5.56 Å². The zero-order valence-corrected chi connectivity index (χ0v) is 20.9. The molecule has 0 bridgehead atoms. The predicted molar refractivity (Wildman–Crippen MR) is 133 cm³/mol. The van der Waals surface area contributed by atoms with Gasteiger partial charge in [-0.05, 0) is 83.7 Å². The third kappa shape index (κ3) is 6.69. The molecule has 0 aromatic heterocycles. The summed E-state index contributed by atoms with van der Waals surface area (Å²) in [7, 11) is 0. The van der Waals surface area contributed by atoms with E-state index in [2.05, 4.69) is 4.74 Å². The van der Waals surface area contributed by atoms with Gasteiger partial charge in [-0.1, -0.05) is 44.0 Å². The topological polar surface area (TPSA) is 9.23 Å². The molecule has 206 valence electrons. The highest BCUT2D eigenvalue weighted by Crippen LogP contribution is 2.33. The highest BCUT2D eigenvalue weighted by molar-refractivity contribution is 5.88. The summed E-state index contributed by atoms with van der Waals surface area (Å²) >= 11 is 0. The maximum atomic E-state index is 15.2. The van der Waals surface area contributed by atoms with Crippen LogP contribution >= 0.6 is 0 Å². The Labute approximate surface area is 220 Å². The van der Waals surface area contributed by atoms with Crippen LogP contribution in [0.1, 0.15) is 42.9 Å². The average Bonchev–Trinajstić information content (AvgIpc) is 2.85. The van der Waals surface area contributed by atoms with Crippen LogP contribution in [0.3, 0.4) is 0 Å². The Balaban J connectivity index is 1.55. The Morgan fingerprint density at radius 2 is 1.28 bits per heavy atom. The summed E-state index contributed by atoms with van der Waals surface area (Å²) in [5.74, 6) is -6.64. The molecule has 0 N–H and O–H groups in total. The van der Waals surface area contributed by atoms with Gasteiger partial charge in [0.2, 0.25) is 5.75 Å². The lowest BCUT2D eigenvalue weighted by atomic mass is 9.95. The molecule has 0 amide bonds. The quantitative estimate of drug-likeness (QED) is 0.148. The van der Waals surface area contributed by atoms with Crippen LogP contribution in [0.5, 0.6) is 5.75 Å². The Bertz CT molecular complexity index is 1450. The predicted octanol–water partition coefficient (Wildman–Crippen LogP) is 9.62. The standard InChI is InChI=1S/C30H24F8O/c1-2-3-4-5-17-12-23(31)27(24(32)13-17)21-10-11-22-20(16-21)9-8-19(28(22)35)7-6-18-14-25(33)29(26(34)15-18)39-30(36,37)38/h8-16H,2-7H2,1H3. The Hall–Kier alpha value is -3.62. The fourth-order valence-electron chi connectivity index (χ4n) is 4.56. The molecular formula is C30H24F8O. The Morgan fingerprint density at radius 1 is 0.667 bits per heavy atom. The molecule has 0 saturated heterocycles. The largest absolute Gasteiger partial charge is 0.573 e. The van der Waals surface area contributed by atoms with Crippen molar-refractivity contribution < 1.29 is 39.9 Å². The molecule has 1 nitrogen and oxygen atoms in total. The highest BCUT2D eigenvalue weighted by atomic mass is 19.4. The van der Waals surface area contributed by atoms with E-state index in [1.165, 1.54) is 36.4 Å². The van der Waals surface area contributed by atoms with E-state index in [1.807, 2.05) is 6.92 Å². The molecule has 4 aromatic rings. The summed E-state index contributed by atoms with van der Waals surface area (Å²) in [6.45, 7) is 2.04. The lowest BCUT2D eigenvalue weighted by Gasteiger charge is -2.13. The van der Waals surface area contributed by atoms with Gasteiger partial charge < -0.3 is 4.74 Å². The van der Waals surface area contributed by atoms with Gasteiger partial charge in [-0.2, -0.15) is 0 Å². The normalized spacial score (nSPS) is 11.8. The number of hydrogen-bond acceptors (Lipinski definition) is 1. The first-order valence-electron chi connectivity index (χ1n) is 12.4. The second-order valence-electron chi connectivity index (χ2n) is 9.30. The smallest absolute Gasteiger partial charge is 0.399 e. The van der Waals surface area contributed by atoms with Gasteiger partial charge in [-0.3, -0.25) is 0 Å². The Morgan fingerprint density at radius 3 is 1.90 bits per heavy atom. The van der Waals surface area contributed by atoms with E-state index in [4.69, 9.17) is 0 Å². The van der Waals surface area contributed by atoms with Crippen LogP contribution in [0.4, 0.5) is 35.1 Å². The van der Waals surface area contributed by atoms with Crippen LogP contribution in [0.15, 0.2) is 54.6 Å². The molecule has 0 aliphatic rings. The summed E-state index contributed by atoms with van der Waals surface area (Å²) < 4.78 is 113. The number of halogens is 8. The van der Waals surface area contributed by atoms with E-state index in [0.717, 1.165) is 19.3 Å². The van der Waals surface area contributed by atoms with E-state index in [1.54, 1.807) is 6.07 Å². The highest BCUT2D eigenvalue weighted by Gasteiger charge is 2.34. The minimum absolute atomic E-state index is 0.00930. The molecule has 0 aliphatic heterocycles. The van der Waals surface area contributed by atoms with E-state index < -0.39 is 41.2 Å². The number of hydrogen-bond donors (Lipinski definition) is 0. The molecule has 0 heterocycles. The summed E-state index contributed by atoms with van der Waals surface area (Å²) in [4.78, 5) is 0. The summed E-state index contributed by atoms with van der Waals surface area (Å²) in [5, 5.41) is 0.574. The number of aryl methyl sites for hydroxylation is 3. The lowest BCUT2D eigenvalue weighted by Crippen LogP contribution is -2.19. The molecule has 4 rings (SSSR count). The van der Waals surface area contributed by atoms with Gasteiger partial charge in [0.15, 0.2) is 11.6 Å². The molecule has 9 heteroatoms. The van der Waals surface area contributed by atoms with Gasteiger partial charge in [0.25, 0.3) is 0 Å². The minimum Gasteiger partial charge on any atom is -0.399 e. The minimum atomic E-state index is -5.26. The van der Waals surface area contributed by atoms with Gasteiger partial charge in [0, 0.05) is 5.39 Å². The molecule has 39 heavy (non-hydrogen) atoms. The van der Waals surface area contributed by atoms with Crippen molar-refractivity contribution in [2.45, 2.75) is 51.8 Å². The number of alkyl halides is 3. The summed E-state index contributed by atoms with van der Waals surface area (Å²) in [6, 6.07) is 11.3. The number of benzene rings is 4. The maximum Gasteiger partial charge on any atom is 0.573 e. The van der Waals surface area contributed by atoms with Crippen LogP contribution in [0.2, 0.25) is 0 Å². The third-order valence-corrected chi connectivity index (χ3v) is 6.45. The van der Waals surface area contributed by atoms with Crippen molar-refractivity contribution in [3.05, 3.63) is 100 Å². The molecule has 0 spiro atoms. The van der Waals surface area contributed by atoms with Crippen LogP contribution in [0, 0.1) is 29.1 Å². The third-order valence-electron chi connectivity index (χ3n) is 6.45. The van der Waals surface area contributed by atoms with E-state index in [0.29, 0.717) is 29.5 Å². The van der Waals surface area contributed by atoms with Crippen molar-refractivity contribution in [2.75, 3.05) is 0 Å². The van der Waals surface area contributed by atoms with Crippen LogP contribution < -0.4 is 4.74 Å². The molecular weight excluding hydrogens is 528 g/mol. The first-order valence-corrected chi connectivity index (χ1v) is 12.4. The van der Waals surface area contributed by atoms with E-state index in [9.17, 15) is 30.7 Å². The van der Waals surface area contributed by atoms with Crippen LogP contribution in [-0.2, 0) is 19.3 Å². The first-order chi connectivity index (χ1) is 18.5. The number of rotatable bonds is 9. The fourth-order valence-corrected chi connectivity index (χ4v) is 4.56. The molecule has 0 unspecified atom stereocenters. The van der Waals surface area contributed by atoms with Gasteiger partial charge in [0.1, 0.15) is 17.5 Å². The number of unbranched alkanes of at least 4 members (excludes halogenated alkanes) is 2. The van der Waals surface area contributed by atoms with Gasteiger partial charge >= 0.3 is 6.36 Å². The zero-order chi connectivity index (χ0) is 28.3. The van der Waals surface area contributed by atoms with E-state index >= 15 is 4.39 Å². The molecule has 0 saturated carbocycles. The fraction of sp³-hybridized carbons (Fsp3) is 0.267. The van der Waals surface area contributed by atoms with Gasteiger partial charge in [-0.25, -0.2) is 22.0 Å². The molecule has 0 aliphatic carbocycles. The van der Waals surface area contributed by atoms with Crippen LogP contribution in [-0.4, -0.2) is 6.36 Å². The van der Waals surface area contributed by atoms with Crippen molar-refractivity contribution >= 4 is 10.8 Å². The second-order valence-corrected chi connectivity index (χ2v) is 9.30. The summed E-state index contributed by atoms with van der Waals surface area (Å²) in [5.41, 5.74) is 0.819. The number of ether oxygens (including phenoxy) is 1. The van der Waals surface area contributed by atoms with Crippen LogP contribution in [0.25, 0.3) is 21.9 Å². The molecule has 0 atom stereocenters. The zero-order valence-electron chi connectivity index (χ0n) is 20.9. The molecule has 4 aromatic carbocycles. The average molecular weight is 553 g/mol. The van der Waals surface area contributed by atoms with E-state index in [-0.39, 0.29) is 40.5 Å². The second kappa shape index (κ2) is 11.6. The molecule has 0 radical (unpaired) electrons. The van der Waals surface area contributed by atoms with Crippen molar-refractivity contribution in [2.24, 2.45) is 0 Å². The molecule has 0 fully saturated rings.